The first-order valence-electron chi connectivity index (χ1n) is 8.81. The minimum absolute atomic E-state index is 0.179. The second-order valence-electron chi connectivity index (χ2n) is 6.78. The van der Waals surface area contributed by atoms with Gasteiger partial charge in [-0.2, -0.15) is 10.2 Å². The number of hydrogen-bond donors (Lipinski definition) is 3. The Labute approximate surface area is 149 Å². The fourth-order valence-corrected chi connectivity index (χ4v) is 3.89. The average molecular weight is 346 g/mol. The van der Waals surface area contributed by atoms with Crippen molar-refractivity contribution >= 4 is 33.4 Å². The first-order valence-corrected chi connectivity index (χ1v) is 8.81. The molecule has 0 spiro atoms. The summed E-state index contributed by atoms with van der Waals surface area (Å²) in [6.45, 7) is 1.88. The zero-order valence-electron chi connectivity index (χ0n) is 14.4. The van der Waals surface area contributed by atoms with Gasteiger partial charge in [-0.3, -0.25) is 15.0 Å². The summed E-state index contributed by atoms with van der Waals surface area (Å²) in [4.78, 5) is 17.7. The summed E-state index contributed by atoms with van der Waals surface area (Å²) in [5.41, 5.74) is 6.18. The van der Waals surface area contributed by atoms with Crippen LogP contribution in [0.4, 0.5) is 5.69 Å². The zero-order valence-corrected chi connectivity index (χ0v) is 14.4. The number of amides is 1. The van der Waals surface area contributed by atoms with Crippen LogP contribution in [0.3, 0.4) is 0 Å². The number of carbonyl (C=O) groups excluding carboxylic acids is 1. The lowest BCUT2D eigenvalue weighted by Crippen LogP contribution is -2.20. The van der Waals surface area contributed by atoms with Crippen molar-refractivity contribution in [2.75, 3.05) is 5.32 Å². The quantitative estimate of drug-likeness (QED) is 0.519. The summed E-state index contributed by atoms with van der Waals surface area (Å²) in [5, 5.41) is 19.1. The lowest BCUT2D eigenvalue weighted by atomic mass is 9.87. The van der Waals surface area contributed by atoms with Crippen LogP contribution in [-0.2, 0) is 12.8 Å². The van der Waals surface area contributed by atoms with Crippen molar-refractivity contribution in [2.24, 2.45) is 0 Å². The van der Waals surface area contributed by atoms with Gasteiger partial charge in [0.2, 0.25) is 0 Å². The normalized spacial score (nSPS) is 13.9. The molecule has 5 rings (SSSR count). The number of hydrogen-bond acceptors (Lipinski definition) is 4. The van der Waals surface area contributed by atoms with Crippen LogP contribution in [0.5, 0.6) is 0 Å². The first kappa shape index (κ1) is 15.1. The molecule has 7 nitrogen and oxygen atoms in total. The number of benzene rings is 1. The second-order valence-corrected chi connectivity index (χ2v) is 6.78. The van der Waals surface area contributed by atoms with E-state index in [1.807, 2.05) is 25.3 Å². The van der Waals surface area contributed by atoms with Crippen LogP contribution in [0.15, 0.2) is 24.5 Å². The molecule has 0 fully saturated rings. The summed E-state index contributed by atoms with van der Waals surface area (Å²) in [6.07, 6.45) is 7.51. The highest BCUT2D eigenvalue weighted by Gasteiger charge is 2.24. The topological polar surface area (TPSA) is 99.4 Å². The highest BCUT2D eigenvalue weighted by Crippen LogP contribution is 2.34. The Balaban J connectivity index is 1.71. The van der Waals surface area contributed by atoms with E-state index in [1.165, 1.54) is 5.56 Å². The number of nitrogens with zero attached hydrogens (tertiary/aromatic N) is 3. The van der Waals surface area contributed by atoms with Crippen LogP contribution in [0.2, 0.25) is 0 Å². The van der Waals surface area contributed by atoms with Crippen molar-refractivity contribution < 1.29 is 4.79 Å². The highest BCUT2D eigenvalue weighted by molar-refractivity contribution is 6.11. The summed E-state index contributed by atoms with van der Waals surface area (Å²) < 4.78 is 0. The van der Waals surface area contributed by atoms with Gasteiger partial charge in [-0.1, -0.05) is 0 Å². The minimum atomic E-state index is -0.179. The molecule has 26 heavy (non-hydrogen) atoms. The Morgan fingerprint density at radius 3 is 2.69 bits per heavy atom. The number of carbonyl (C=O) groups is 1. The van der Waals surface area contributed by atoms with E-state index in [0.29, 0.717) is 11.4 Å². The molecule has 1 aliphatic rings. The molecule has 7 heteroatoms. The lowest BCUT2D eigenvalue weighted by molar-refractivity contribution is 0.102. The van der Waals surface area contributed by atoms with E-state index in [0.717, 1.165) is 58.7 Å². The van der Waals surface area contributed by atoms with Gasteiger partial charge < -0.3 is 5.32 Å². The fraction of sp³-hybridized carbons (Fsp3) is 0.263. The molecule has 1 aliphatic carbocycles. The van der Waals surface area contributed by atoms with Crippen molar-refractivity contribution in [3.05, 3.63) is 47.0 Å². The zero-order chi connectivity index (χ0) is 17.7. The van der Waals surface area contributed by atoms with Gasteiger partial charge in [0.15, 0.2) is 0 Å². The van der Waals surface area contributed by atoms with Crippen molar-refractivity contribution in [3.63, 3.8) is 0 Å². The SMILES string of the molecule is Cc1[nH]ncc1NC(=O)c1nc2ccc3[nH]ncc3c2c2c1CCCC2. The first-order chi connectivity index (χ1) is 12.7. The Kier molecular flexibility index (Phi) is 3.28. The molecular formula is C19H18N6O. The van der Waals surface area contributed by atoms with E-state index in [2.05, 4.69) is 25.7 Å². The van der Waals surface area contributed by atoms with E-state index in [9.17, 15) is 4.79 Å². The summed E-state index contributed by atoms with van der Waals surface area (Å²) >= 11 is 0. The summed E-state index contributed by atoms with van der Waals surface area (Å²) in [6, 6.07) is 3.93. The number of fused-ring (bicyclic) bond motifs is 5. The third-order valence-electron chi connectivity index (χ3n) is 5.18. The van der Waals surface area contributed by atoms with Gasteiger partial charge in [0.05, 0.1) is 34.8 Å². The number of nitrogens with one attached hydrogen (secondary N) is 3. The van der Waals surface area contributed by atoms with Crippen molar-refractivity contribution in [2.45, 2.75) is 32.6 Å². The predicted molar refractivity (Wildman–Crippen MR) is 99.3 cm³/mol. The molecule has 1 aromatic carbocycles. The lowest BCUT2D eigenvalue weighted by Gasteiger charge is -2.21. The smallest absolute Gasteiger partial charge is 0.274 e. The molecule has 3 aromatic heterocycles. The number of H-pyrrole nitrogens is 2. The van der Waals surface area contributed by atoms with Crippen LogP contribution in [0, 0.1) is 6.92 Å². The minimum Gasteiger partial charge on any atom is -0.318 e. The molecule has 0 atom stereocenters. The van der Waals surface area contributed by atoms with E-state index in [-0.39, 0.29) is 5.91 Å². The molecule has 3 N–H and O–H groups in total. The maximum Gasteiger partial charge on any atom is 0.274 e. The Morgan fingerprint density at radius 2 is 1.88 bits per heavy atom. The van der Waals surface area contributed by atoms with Gasteiger partial charge in [-0.25, -0.2) is 4.98 Å². The van der Waals surface area contributed by atoms with E-state index in [1.54, 1.807) is 6.20 Å². The van der Waals surface area contributed by atoms with Crippen LogP contribution >= 0.6 is 0 Å². The number of anilines is 1. The molecule has 3 heterocycles. The fourth-order valence-electron chi connectivity index (χ4n) is 3.89. The third kappa shape index (κ3) is 2.20. The van der Waals surface area contributed by atoms with Crippen LogP contribution < -0.4 is 5.32 Å². The van der Waals surface area contributed by atoms with Crippen LogP contribution in [0.1, 0.15) is 40.2 Å². The van der Waals surface area contributed by atoms with Gasteiger partial charge in [0, 0.05) is 10.8 Å². The number of pyridine rings is 1. The number of rotatable bonds is 2. The van der Waals surface area contributed by atoms with E-state index in [4.69, 9.17) is 4.98 Å². The number of aromatic nitrogens is 5. The second kappa shape index (κ2) is 5.66. The van der Waals surface area contributed by atoms with Gasteiger partial charge in [-0.15, -0.1) is 0 Å². The van der Waals surface area contributed by atoms with Gasteiger partial charge in [0.1, 0.15) is 5.69 Å². The molecule has 4 aromatic rings. The molecular weight excluding hydrogens is 328 g/mol. The van der Waals surface area contributed by atoms with Gasteiger partial charge >= 0.3 is 0 Å². The Morgan fingerprint density at radius 1 is 1.08 bits per heavy atom. The molecule has 0 saturated heterocycles. The van der Waals surface area contributed by atoms with Crippen LogP contribution in [0.25, 0.3) is 21.8 Å². The largest absolute Gasteiger partial charge is 0.318 e. The molecule has 0 unspecified atom stereocenters. The Bertz CT molecular complexity index is 1160. The van der Waals surface area contributed by atoms with Crippen molar-refractivity contribution in [3.8, 4) is 0 Å². The summed E-state index contributed by atoms with van der Waals surface area (Å²) in [7, 11) is 0. The van der Waals surface area contributed by atoms with Crippen molar-refractivity contribution in [1.29, 1.82) is 0 Å². The Hall–Kier alpha value is -3.22. The van der Waals surface area contributed by atoms with Gasteiger partial charge in [0.25, 0.3) is 5.91 Å². The molecule has 0 aliphatic heterocycles. The summed E-state index contributed by atoms with van der Waals surface area (Å²) in [5.74, 6) is -0.179. The molecule has 0 bridgehead atoms. The monoisotopic (exact) mass is 346 g/mol. The molecule has 130 valence electrons. The average Bonchev–Trinajstić information content (AvgIpc) is 3.29. The number of aromatic amines is 2. The standard InChI is InChI=1S/C19H18N6O/c1-10-16(9-21-24-10)23-19(26)18-12-5-3-2-4-11(12)17-13-8-20-25-14(13)6-7-15(17)22-18/h6-9H,2-5H2,1H3,(H,20,25)(H,21,24)(H,23,26). The maximum atomic E-state index is 13.0. The molecule has 1 amide bonds. The van der Waals surface area contributed by atoms with Gasteiger partial charge in [-0.05, 0) is 55.9 Å². The van der Waals surface area contributed by atoms with Crippen molar-refractivity contribution in [1.82, 2.24) is 25.4 Å². The maximum absolute atomic E-state index is 13.0. The predicted octanol–water partition coefficient (Wildman–Crippen LogP) is 3.27. The highest BCUT2D eigenvalue weighted by atomic mass is 16.1. The molecule has 0 radical (unpaired) electrons. The van der Waals surface area contributed by atoms with E-state index < -0.39 is 0 Å². The third-order valence-corrected chi connectivity index (χ3v) is 5.18. The van der Waals surface area contributed by atoms with E-state index >= 15 is 0 Å². The molecule has 0 saturated carbocycles. The number of aryl methyl sites for hydroxylation is 2. The van der Waals surface area contributed by atoms with Crippen LogP contribution in [-0.4, -0.2) is 31.3 Å².